The van der Waals surface area contributed by atoms with E-state index in [0.29, 0.717) is 17.8 Å². The summed E-state index contributed by atoms with van der Waals surface area (Å²) in [5.41, 5.74) is 1.15. The number of benzene rings is 1. The van der Waals surface area contributed by atoms with Crippen molar-refractivity contribution in [2.75, 3.05) is 18.1 Å². The van der Waals surface area contributed by atoms with Gasteiger partial charge >= 0.3 is 5.97 Å². The Hall–Kier alpha value is -2.01. The van der Waals surface area contributed by atoms with Crippen molar-refractivity contribution in [3.63, 3.8) is 0 Å². The summed E-state index contributed by atoms with van der Waals surface area (Å²) in [4.78, 5) is 13.7. The van der Waals surface area contributed by atoms with Crippen LogP contribution in [0.25, 0.3) is 5.76 Å². The van der Waals surface area contributed by atoms with Crippen LogP contribution < -0.4 is 4.90 Å². The van der Waals surface area contributed by atoms with Crippen LogP contribution in [-0.4, -0.2) is 35.6 Å². The number of carbonyl (C=O) groups excluding carboxylic acids is 1. The van der Waals surface area contributed by atoms with E-state index in [4.69, 9.17) is 4.74 Å². The van der Waals surface area contributed by atoms with Gasteiger partial charge in [-0.1, -0.05) is 26.0 Å². The number of anilines is 1. The molecule has 0 fully saturated rings. The highest BCUT2D eigenvalue weighted by Gasteiger charge is 2.36. The second-order valence-electron chi connectivity index (χ2n) is 5.42. The molecule has 0 spiro atoms. The molecule has 0 aliphatic carbocycles. The molecule has 1 aliphatic rings. The zero-order valence-corrected chi connectivity index (χ0v) is 12.5. The Morgan fingerprint density at radius 2 is 2.05 bits per heavy atom. The van der Waals surface area contributed by atoms with Crippen molar-refractivity contribution < 1.29 is 19.7 Å². The number of esters is 1. The van der Waals surface area contributed by atoms with Crippen molar-refractivity contribution in [1.29, 1.82) is 0 Å². The molecule has 5 heteroatoms. The van der Waals surface area contributed by atoms with E-state index in [1.807, 2.05) is 26.0 Å². The summed E-state index contributed by atoms with van der Waals surface area (Å²) in [5.74, 6) is -0.612. The number of hydrogen-bond acceptors (Lipinski definition) is 5. The summed E-state index contributed by atoms with van der Waals surface area (Å²) in [6.07, 6.45) is -1.21. The van der Waals surface area contributed by atoms with Crippen LogP contribution in [0.3, 0.4) is 0 Å². The van der Waals surface area contributed by atoms with Gasteiger partial charge in [0, 0.05) is 17.8 Å². The monoisotopic (exact) mass is 291 g/mol. The largest absolute Gasteiger partial charge is 0.506 e. The molecular weight excluding hydrogens is 270 g/mol. The van der Waals surface area contributed by atoms with Crippen LogP contribution in [0.5, 0.6) is 0 Å². The number of nitrogens with zero attached hydrogens (tertiary/aromatic N) is 1. The molecule has 2 N–H and O–H groups in total. The quantitative estimate of drug-likeness (QED) is 0.833. The second-order valence-corrected chi connectivity index (χ2v) is 5.42. The van der Waals surface area contributed by atoms with E-state index >= 15 is 0 Å². The third-order valence-corrected chi connectivity index (χ3v) is 3.33. The van der Waals surface area contributed by atoms with Crippen molar-refractivity contribution in [3.05, 3.63) is 35.4 Å². The summed E-state index contributed by atoms with van der Waals surface area (Å²) < 4.78 is 4.95. The number of para-hydroxylation sites is 1. The Kier molecular flexibility index (Phi) is 4.53. The zero-order chi connectivity index (χ0) is 15.6. The van der Waals surface area contributed by atoms with Gasteiger partial charge in [0.25, 0.3) is 0 Å². The molecule has 1 aromatic carbocycles. The predicted molar refractivity (Wildman–Crippen MR) is 80.8 cm³/mol. The highest BCUT2D eigenvalue weighted by Crippen LogP contribution is 2.36. The van der Waals surface area contributed by atoms with Crippen LogP contribution in [0.1, 0.15) is 26.3 Å². The van der Waals surface area contributed by atoms with Crippen LogP contribution in [0.2, 0.25) is 0 Å². The molecule has 0 aromatic heterocycles. The molecule has 0 saturated carbocycles. The number of aliphatic hydroxyl groups excluding tert-OH is 2. The highest BCUT2D eigenvalue weighted by atomic mass is 16.5. The molecule has 1 atom stereocenters. The van der Waals surface area contributed by atoms with Crippen molar-refractivity contribution >= 4 is 17.4 Å². The minimum Gasteiger partial charge on any atom is -0.506 e. The van der Waals surface area contributed by atoms with Crippen LogP contribution in [-0.2, 0) is 9.53 Å². The molecule has 5 nitrogen and oxygen atoms in total. The van der Waals surface area contributed by atoms with E-state index in [2.05, 4.69) is 0 Å². The lowest BCUT2D eigenvalue weighted by molar-refractivity contribution is -0.139. The Balaban J connectivity index is 2.53. The summed E-state index contributed by atoms with van der Waals surface area (Å²) >= 11 is 0. The maximum absolute atomic E-state index is 12.0. The van der Waals surface area contributed by atoms with Crippen LogP contribution in [0, 0.1) is 5.92 Å². The van der Waals surface area contributed by atoms with Gasteiger partial charge in [-0.3, -0.25) is 0 Å². The van der Waals surface area contributed by atoms with Crippen LogP contribution in [0.4, 0.5) is 5.69 Å². The number of rotatable bonds is 4. The summed E-state index contributed by atoms with van der Waals surface area (Å²) in [7, 11) is 0. The van der Waals surface area contributed by atoms with E-state index in [-0.39, 0.29) is 23.9 Å². The molecule has 0 saturated heterocycles. The minimum absolute atomic E-state index is 0.101. The second kappa shape index (κ2) is 6.18. The van der Waals surface area contributed by atoms with Gasteiger partial charge in [-0.2, -0.15) is 0 Å². The Morgan fingerprint density at radius 3 is 2.67 bits per heavy atom. The normalized spacial score (nSPS) is 18.0. The molecule has 1 aromatic rings. The van der Waals surface area contributed by atoms with Gasteiger partial charge < -0.3 is 19.8 Å². The molecule has 114 valence electrons. The van der Waals surface area contributed by atoms with Crippen LogP contribution in [0.15, 0.2) is 29.8 Å². The average Bonchev–Trinajstić information content (AvgIpc) is 2.44. The topological polar surface area (TPSA) is 70.0 Å². The fourth-order valence-electron chi connectivity index (χ4n) is 2.48. The van der Waals surface area contributed by atoms with Gasteiger partial charge in [-0.25, -0.2) is 4.79 Å². The van der Waals surface area contributed by atoms with Crippen molar-refractivity contribution in [3.8, 4) is 0 Å². The SMILES string of the molecule is CCOC(=O)C1=C(O)c2ccccc2N(CC(C)C)C1O. The lowest BCUT2D eigenvalue weighted by Gasteiger charge is -2.37. The Bertz CT molecular complexity index is 565. The molecule has 1 aliphatic heterocycles. The van der Waals surface area contributed by atoms with Crippen LogP contribution >= 0.6 is 0 Å². The van der Waals surface area contributed by atoms with Gasteiger partial charge in [-0.05, 0) is 25.0 Å². The molecule has 0 bridgehead atoms. The third kappa shape index (κ3) is 2.88. The molecule has 0 amide bonds. The van der Waals surface area contributed by atoms with E-state index in [1.165, 1.54) is 0 Å². The zero-order valence-electron chi connectivity index (χ0n) is 12.5. The van der Waals surface area contributed by atoms with Gasteiger partial charge in [0.05, 0.1) is 6.61 Å². The van der Waals surface area contributed by atoms with E-state index in [1.54, 1.807) is 24.0 Å². The summed E-state index contributed by atoms with van der Waals surface area (Å²) in [6.45, 7) is 6.49. The lowest BCUT2D eigenvalue weighted by atomic mass is 9.97. The first kappa shape index (κ1) is 15.4. The Morgan fingerprint density at radius 1 is 1.38 bits per heavy atom. The van der Waals surface area contributed by atoms with E-state index < -0.39 is 12.2 Å². The summed E-state index contributed by atoms with van der Waals surface area (Å²) in [5, 5.41) is 20.8. The first-order chi connectivity index (χ1) is 9.97. The highest BCUT2D eigenvalue weighted by molar-refractivity contribution is 6.00. The number of carbonyl (C=O) groups is 1. The molecule has 21 heavy (non-hydrogen) atoms. The van der Waals surface area contributed by atoms with Crippen molar-refractivity contribution in [1.82, 2.24) is 0 Å². The summed E-state index contributed by atoms with van der Waals surface area (Å²) in [6, 6.07) is 7.16. The maximum Gasteiger partial charge on any atom is 0.342 e. The number of aliphatic hydroxyl groups is 2. The first-order valence-corrected chi connectivity index (χ1v) is 7.11. The number of fused-ring (bicyclic) bond motifs is 1. The van der Waals surface area contributed by atoms with E-state index in [0.717, 1.165) is 0 Å². The molecule has 0 radical (unpaired) electrons. The smallest absolute Gasteiger partial charge is 0.342 e. The van der Waals surface area contributed by atoms with Gasteiger partial charge in [0.15, 0.2) is 6.23 Å². The van der Waals surface area contributed by atoms with E-state index in [9.17, 15) is 15.0 Å². The number of ether oxygens (including phenoxy) is 1. The van der Waals surface area contributed by atoms with Crippen molar-refractivity contribution in [2.24, 2.45) is 5.92 Å². The van der Waals surface area contributed by atoms with Gasteiger partial charge in [0.1, 0.15) is 11.3 Å². The minimum atomic E-state index is -1.21. The fraction of sp³-hybridized carbons (Fsp3) is 0.438. The molecule has 1 unspecified atom stereocenters. The molecular formula is C16H21NO4. The average molecular weight is 291 g/mol. The lowest BCUT2D eigenvalue weighted by Crippen LogP contribution is -2.44. The van der Waals surface area contributed by atoms with Gasteiger partial charge in [-0.15, -0.1) is 0 Å². The molecule has 2 rings (SSSR count). The number of hydrogen-bond donors (Lipinski definition) is 2. The first-order valence-electron chi connectivity index (χ1n) is 7.11. The third-order valence-electron chi connectivity index (χ3n) is 3.33. The maximum atomic E-state index is 12.0. The fourth-order valence-corrected chi connectivity index (χ4v) is 2.48. The van der Waals surface area contributed by atoms with Crippen molar-refractivity contribution in [2.45, 2.75) is 27.0 Å². The predicted octanol–water partition coefficient (Wildman–Crippen LogP) is 2.31. The molecule has 1 heterocycles. The van der Waals surface area contributed by atoms with Gasteiger partial charge in [0.2, 0.25) is 0 Å². The Labute approximate surface area is 124 Å². The standard InChI is InChI=1S/C16H21NO4/c1-4-21-16(20)13-14(18)11-7-5-6-8-12(11)17(15(13)19)9-10(2)3/h5-8,10,15,18-19H,4,9H2,1-3H3.